The van der Waals surface area contributed by atoms with E-state index < -0.39 is 10.0 Å². The molecule has 1 aromatic heterocycles. The van der Waals surface area contributed by atoms with E-state index in [2.05, 4.69) is 22.3 Å². The first-order chi connectivity index (χ1) is 13.4. The molecule has 0 radical (unpaired) electrons. The lowest BCUT2D eigenvalue weighted by atomic mass is 10.1. The second-order valence-corrected chi connectivity index (χ2v) is 9.45. The molecule has 1 fully saturated rings. The van der Waals surface area contributed by atoms with E-state index in [1.54, 1.807) is 24.3 Å². The van der Waals surface area contributed by atoms with Gasteiger partial charge in [-0.3, -0.25) is 0 Å². The summed E-state index contributed by atoms with van der Waals surface area (Å²) in [5.74, 6) is 1.70. The molecule has 1 heterocycles. The predicted octanol–water partition coefficient (Wildman–Crippen LogP) is 3.54. The van der Waals surface area contributed by atoms with E-state index in [4.69, 9.17) is 4.42 Å². The SMILES string of the molecule is Cc1ccc(S(=O)(=O)N(C)Cc2nnc(C3CC3Cc3ccccc3)o2)cc1. The van der Waals surface area contributed by atoms with Crippen molar-refractivity contribution in [2.45, 2.75) is 37.1 Å². The van der Waals surface area contributed by atoms with Crippen LogP contribution >= 0.6 is 0 Å². The van der Waals surface area contributed by atoms with Gasteiger partial charge in [0.05, 0.1) is 11.4 Å². The Labute approximate surface area is 165 Å². The number of hydrogen-bond acceptors (Lipinski definition) is 5. The van der Waals surface area contributed by atoms with Gasteiger partial charge >= 0.3 is 0 Å². The highest BCUT2D eigenvalue weighted by Crippen LogP contribution is 2.48. The maximum atomic E-state index is 12.7. The van der Waals surface area contributed by atoms with Crippen molar-refractivity contribution in [2.75, 3.05) is 7.05 Å². The van der Waals surface area contributed by atoms with E-state index in [0.717, 1.165) is 18.4 Å². The van der Waals surface area contributed by atoms with Gasteiger partial charge < -0.3 is 4.42 Å². The van der Waals surface area contributed by atoms with E-state index in [-0.39, 0.29) is 17.4 Å². The molecule has 0 bridgehead atoms. The molecule has 4 rings (SSSR count). The molecule has 146 valence electrons. The molecule has 2 unspecified atom stereocenters. The van der Waals surface area contributed by atoms with Gasteiger partial charge in [0.15, 0.2) is 0 Å². The summed E-state index contributed by atoms with van der Waals surface area (Å²) in [5.41, 5.74) is 2.32. The second kappa shape index (κ2) is 7.48. The molecule has 0 spiro atoms. The normalized spacial score (nSPS) is 19.1. The number of aromatic nitrogens is 2. The first-order valence-electron chi connectivity index (χ1n) is 9.32. The molecule has 2 aromatic carbocycles. The summed E-state index contributed by atoms with van der Waals surface area (Å²) in [6, 6.07) is 17.1. The topological polar surface area (TPSA) is 76.3 Å². The van der Waals surface area contributed by atoms with E-state index in [1.165, 1.54) is 16.9 Å². The third-order valence-electron chi connectivity index (χ3n) is 5.15. The average Bonchev–Trinajstić information content (AvgIpc) is 3.29. The lowest BCUT2D eigenvalue weighted by molar-refractivity contribution is 0.378. The van der Waals surface area contributed by atoms with Crippen LogP contribution in [0.4, 0.5) is 0 Å². The van der Waals surface area contributed by atoms with E-state index in [9.17, 15) is 8.42 Å². The number of nitrogens with zero attached hydrogens (tertiary/aromatic N) is 3. The molecule has 7 heteroatoms. The molecule has 1 aliphatic carbocycles. The Morgan fingerprint density at radius 2 is 1.79 bits per heavy atom. The van der Waals surface area contributed by atoms with Crippen molar-refractivity contribution >= 4 is 10.0 Å². The molecule has 0 N–H and O–H groups in total. The zero-order valence-corrected chi connectivity index (χ0v) is 16.8. The number of aryl methyl sites for hydroxylation is 1. The molecule has 0 saturated heterocycles. The van der Waals surface area contributed by atoms with Gasteiger partial charge in [-0.2, -0.15) is 4.31 Å². The fraction of sp³-hybridized carbons (Fsp3) is 0.333. The van der Waals surface area contributed by atoms with Gasteiger partial charge in [-0.15, -0.1) is 10.2 Å². The Morgan fingerprint density at radius 3 is 2.50 bits per heavy atom. The van der Waals surface area contributed by atoms with Crippen molar-refractivity contribution in [3.05, 3.63) is 77.5 Å². The Hall–Kier alpha value is -2.51. The highest BCUT2D eigenvalue weighted by atomic mass is 32.2. The molecule has 1 aliphatic rings. The quantitative estimate of drug-likeness (QED) is 0.609. The Kier molecular flexibility index (Phi) is 5.03. The summed E-state index contributed by atoms with van der Waals surface area (Å²) in [7, 11) is -2.07. The predicted molar refractivity (Wildman–Crippen MR) is 105 cm³/mol. The highest BCUT2D eigenvalue weighted by molar-refractivity contribution is 7.89. The second-order valence-electron chi connectivity index (χ2n) is 7.40. The standard InChI is InChI=1S/C21H23N3O3S/c1-15-8-10-18(11-9-15)28(25,26)24(2)14-20-22-23-21(27-20)19-13-17(19)12-16-6-4-3-5-7-16/h3-11,17,19H,12-14H2,1-2H3. The molecule has 1 saturated carbocycles. The maximum absolute atomic E-state index is 12.7. The zero-order chi connectivity index (χ0) is 19.7. The van der Waals surface area contributed by atoms with Crippen LogP contribution in [0.5, 0.6) is 0 Å². The van der Waals surface area contributed by atoms with Crippen molar-refractivity contribution in [1.29, 1.82) is 0 Å². The minimum atomic E-state index is -3.60. The van der Waals surface area contributed by atoms with Crippen LogP contribution in [0.25, 0.3) is 0 Å². The van der Waals surface area contributed by atoms with Crippen molar-refractivity contribution in [3.63, 3.8) is 0 Å². The molecule has 0 aliphatic heterocycles. The van der Waals surface area contributed by atoms with Gasteiger partial charge in [0.25, 0.3) is 0 Å². The lowest BCUT2D eigenvalue weighted by Crippen LogP contribution is -2.26. The average molecular weight is 398 g/mol. The number of rotatable bonds is 7. The van der Waals surface area contributed by atoms with Gasteiger partial charge in [0.1, 0.15) is 0 Å². The van der Waals surface area contributed by atoms with Crippen LogP contribution < -0.4 is 0 Å². The molecular weight excluding hydrogens is 374 g/mol. The first-order valence-corrected chi connectivity index (χ1v) is 10.8. The van der Waals surface area contributed by atoms with Crippen LogP contribution in [-0.4, -0.2) is 30.0 Å². The number of sulfonamides is 1. The molecule has 2 atom stereocenters. The third kappa shape index (κ3) is 4.00. The fourth-order valence-electron chi connectivity index (χ4n) is 3.34. The van der Waals surface area contributed by atoms with Crippen LogP contribution in [0.3, 0.4) is 0 Å². The Morgan fingerprint density at radius 1 is 1.07 bits per heavy atom. The third-order valence-corrected chi connectivity index (χ3v) is 6.97. The molecule has 0 amide bonds. The smallest absolute Gasteiger partial charge is 0.243 e. The summed E-state index contributed by atoms with van der Waals surface area (Å²) in [5, 5.41) is 8.21. The molecular formula is C21H23N3O3S. The van der Waals surface area contributed by atoms with Crippen LogP contribution in [0.1, 0.15) is 35.2 Å². The summed E-state index contributed by atoms with van der Waals surface area (Å²) in [6.07, 6.45) is 2.01. The zero-order valence-electron chi connectivity index (χ0n) is 15.9. The van der Waals surface area contributed by atoms with Gasteiger partial charge in [-0.05, 0) is 43.4 Å². The molecule has 28 heavy (non-hydrogen) atoms. The van der Waals surface area contributed by atoms with Crippen molar-refractivity contribution in [1.82, 2.24) is 14.5 Å². The van der Waals surface area contributed by atoms with E-state index in [1.807, 2.05) is 25.1 Å². The van der Waals surface area contributed by atoms with Gasteiger partial charge in [0.2, 0.25) is 21.8 Å². The van der Waals surface area contributed by atoms with Gasteiger partial charge in [-0.25, -0.2) is 8.42 Å². The van der Waals surface area contributed by atoms with Crippen molar-refractivity contribution in [3.8, 4) is 0 Å². The van der Waals surface area contributed by atoms with Crippen molar-refractivity contribution < 1.29 is 12.8 Å². The minimum absolute atomic E-state index is 0.0548. The maximum Gasteiger partial charge on any atom is 0.243 e. The van der Waals surface area contributed by atoms with Crippen LogP contribution in [0, 0.1) is 12.8 Å². The first kappa shape index (κ1) is 18.8. The Balaban J connectivity index is 1.39. The molecule has 6 nitrogen and oxygen atoms in total. The van der Waals surface area contributed by atoms with E-state index in [0.29, 0.717) is 17.7 Å². The minimum Gasteiger partial charge on any atom is -0.424 e. The highest BCUT2D eigenvalue weighted by Gasteiger charge is 2.42. The van der Waals surface area contributed by atoms with Crippen LogP contribution in [-0.2, 0) is 23.0 Å². The largest absolute Gasteiger partial charge is 0.424 e. The summed E-state index contributed by atoms with van der Waals surface area (Å²) >= 11 is 0. The summed E-state index contributed by atoms with van der Waals surface area (Å²) < 4.78 is 32.4. The van der Waals surface area contributed by atoms with Crippen LogP contribution in [0.15, 0.2) is 63.9 Å². The fourth-order valence-corrected chi connectivity index (χ4v) is 4.46. The van der Waals surface area contributed by atoms with Gasteiger partial charge in [0, 0.05) is 13.0 Å². The van der Waals surface area contributed by atoms with E-state index >= 15 is 0 Å². The number of hydrogen-bond donors (Lipinski definition) is 0. The summed E-state index contributed by atoms with van der Waals surface area (Å²) in [6.45, 7) is 1.97. The van der Waals surface area contributed by atoms with Gasteiger partial charge in [-0.1, -0.05) is 48.0 Å². The van der Waals surface area contributed by atoms with Crippen molar-refractivity contribution in [2.24, 2.45) is 5.92 Å². The van der Waals surface area contributed by atoms with Crippen LogP contribution in [0.2, 0.25) is 0 Å². The Bertz CT molecular complexity index is 1050. The lowest BCUT2D eigenvalue weighted by Gasteiger charge is -2.15. The monoisotopic (exact) mass is 397 g/mol. The molecule has 3 aromatic rings. The number of benzene rings is 2. The summed E-state index contributed by atoms with van der Waals surface area (Å²) in [4.78, 5) is 0.255.